The smallest absolute Gasteiger partial charge is 0.425 e. The molecule has 0 bridgehead atoms. The van der Waals surface area contributed by atoms with Crippen molar-refractivity contribution in [1.29, 1.82) is 0 Å². The molecule has 1 unspecified atom stereocenters. The monoisotopic (exact) mass is 672 g/mol. The first-order valence-corrected chi connectivity index (χ1v) is 16.9. The van der Waals surface area contributed by atoms with E-state index in [0.717, 1.165) is 17.4 Å². The maximum atomic E-state index is 15.1. The topological polar surface area (TPSA) is 66.9 Å². The van der Waals surface area contributed by atoms with Crippen molar-refractivity contribution in [2.24, 2.45) is 0 Å². The predicted molar refractivity (Wildman–Crippen MR) is 174 cm³/mol. The Kier molecular flexibility index (Phi) is 11.5. The number of hydrogen-bond donors (Lipinski definition) is 0. The minimum atomic E-state index is -4.82. The van der Waals surface area contributed by atoms with Gasteiger partial charge in [-0.2, -0.15) is 13.2 Å². The van der Waals surface area contributed by atoms with Crippen molar-refractivity contribution in [1.82, 2.24) is 9.21 Å². The zero-order valence-electron chi connectivity index (χ0n) is 25.5. The first-order chi connectivity index (χ1) is 21.8. The van der Waals surface area contributed by atoms with Gasteiger partial charge in [-0.3, -0.25) is 9.69 Å². The van der Waals surface area contributed by atoms with Crippen molar-refractivity contribution in [3.8, 4) is 5.75 Å². The van der Waals surface area contributed by atoms with Crippen molar-refractivity contribution in [2.75, 3.05) is 33.0 Å². The van der Waals surface area contributed by atoms with E-state index < -0.39 is 33.0 Å². The van der Waals surface area contributed by atoms with Gasteiger partial charge in [-0.1, -0.05) is 115 Å². The second kappa shape index (κ2) is 15.2. The zero-order valence-corrected chi connectivity index (χ0v) is 27.1. The van der Waals surface area contributed by atoms with Gasteiger partial charge in [0.2, 0.25) is 20.9 Å². The number of alkyl halides is 4. The molecule has 0 spiro atoms. The van der Waals surface area contributed by atoms with E-state index >= 15 is 13.2 Å². The Morgan fingerprint density at radius 2 is 1.39 bits per heavy atom. The van der Waals surface area contributed by atoms with Crippen molar-refractivity contribution in [3.63, 3.8) is 0 Å². The quantitative estimate of drug-likeness (QED) is 0.0805. The van der Waals surface area contributed by atoms with Crippen molar-refractivity contribution in [3.05, 3.63) is 138 Å². The average molecular weight is 673 g/mol. The van der Waals surface area contributed by atoms with Crippen LogP contribution in [0.15, 0.2) is 115 Å². The second-order valence-electron chi connectivity index (χ2n) is 11.0. The highest BCUT2D eigenvalue weighted by atomic mass is 35.5. The lowest BCUT2D eigenvalue weighted by Gasteiger charge is -2.42. The fraction of sp³-hybridized carbons (Fsp3) is 0.286. The van der Waals surface area contributed by atoms with Gasteiger partial charge in [0, 0.05) is 26.1 Å². The number of rotatable bonds is 14. The number of amides is 1. The number of benzene rings is 4. The molecule has 0 saturated heterocycles. The van der Waals surface area contributed by atoms with E-state index in [9.17, 15) is 13.2 Å². The number of carbonyl (C=O) groups excluding carboxylic acids is 1. The Balaban J connectivity index is 1.58. The van der Waals surface area contributed by atoms with E-state index in [1.165, 1.54) is 36.2 Å². The normalized spacial score (nSPS) is 13.4. The first-order valence-electron chi connectivity index (χ1n) is 14.7. The van der Waals surface area contributed by atoms with Gasteiger partial charge in [-0.25, -0.2) is 12.7 Å². The van der Waals surface area contributed by atoms with Crippen LogP contribution in [0.5, 0.6) is 5.75 Å². The molecule has 244 valence electrons. The summed E-state index contributed by atoms with van der Waals surface area (Å²) in [5.41, 5.74) is 2.17. The van der Waals surface area contributed by atoms with Crippen LogP contribution in [0, 0.1) is 0 Å². The van der Waals surface area contributed by atoms with E-state index in [2.05, 4.69) is 0 Å². The summed E-state index contributed by atoms with van der Waals surface area (Å²) in [4.78, 5) is 10.8. The molecule has 0 aromatic heterocycles. The molecule has 1 atom stereocenters. The second-order valence-corrected chi connectivity index (χ2v) is 13.5. The lowest BCUT2D eigenvalue weighted by atomic mass is 9.89. The van der Waals surface area contributed by atoms with Gasteiger partial charge < -0.3 is 4.74 Å². The van der Waals surface area contributed by atoms with Crippen molar-refractivity contribution >= 4 is 27.5 Å². The first kappa shape index (κ1) is 35.0. The molecule has 0 heterocycles. The molecular formula is C35H36ClF3N2O4S. The summed E-state index contributed by atoms with van der Waals surface area (Å²) in [5.74, 6) is -0.610. The van der Waals surface area contributed by atoms with Crippen LogP contribution in [0.3, 0.4) is 0 Å². The number of sulfonamides is 1. The van der Waals surface area contributed by atoms with E-state index in [-0.39, 0.29) is 38.1 Å². The average Bonchev–Trinajstić information content (AvgIpc) is 3.04. The molecular weight excluding hydrogens is 637 g/mol. The van der Waals surface area contributed by atoms with Gasteiger partial charge in [-0.15, -0.1) is 0 Å². The highest BCUT2D eigenvalue weighted by Crippen LogP contribution is 2.48. The van der Waals surface area contributed by atoms with Gasteiger partial charge in [-0.05, 0) is 40.8 Å². The van der Waals surface area contributed by atoms with Crippen LogP contribution in [-0.4, -0.2) is 62.7 Å². The van der Waals surface area contributed by atoms with Crippen LogP contribution in [0.1, 0.15) is 34.6 Å². The number of hydrogen-bond acceptors (Lipinski definition) is 5. The molecule has 0 N–H and O–H groups in total. The number of halogens is 4. The van der Waals surface area contributed by atoms with E-state index in [1.54, 1.807) is 30.3 Å². The summed E-state index contributed by atoms with van der Waals surface area (Å²) in [6.45, 7) is -0.0130. The maximum absolute atomic E-state index is 15.1. The highest BCUT2D eigenvalue weighted by molar-refractivity contribution is 7.88. The Bertz CT molecular complexity index is 1640. The van der Waals surface area contributed by atoms with Crippen LogP contribution >= 0.6 is 11.6 Å². The van der Waals surface area contributed by atoms with Gasteiger partial charge in [0.25, 0.3) is 0 Å². The SMILES string of the molecule is CN(C(=O)Cc1cccc(OCCCN(CC(c2ccccc2)c2ccccc2)C(Cl)(c2ccccc2)C(F)(F)F)c1)S(C)(=O)=O. The highest BCUT2D eigenvalue weighted by Gasteiger charge is 2.59. The molecule has 0 aliphatic carbocycles. The molecule has 0 radical (unpaired) electrons. The molecule has 0 fully saturated rings. The molecule has 4 aromatic rings. The summed E-state index contributed by atoms with van der Waals surface area (Å²) >= 11 is 6.73. The zero-order chi connectivity index (χ0) is 33.4. The molecule has 46 heavy (non-hydrogen) atoms. The number of likely N-dealkylation sites (N-methyl/N-ethyl adjacent to an activating group) is 1. The van der Waals surface area contributed by atoms with Crippen LogP contribution < -0.4 is 4.74 Å². The van der Waals surface area contributed by atoms with Crippen molar-refractivity contribution in [2.45, 2.75) is 29.9 Å². The van der Waals surface area contributed by atoms with Crippen LogP contribution in [0.2, 0.25) is 0 Å². The standard InChI is InChI=1S/C35H36ClF3N2O4S/c1-40(46(2,43)44)33(42)25-27-14-12-21-31(24-27)45-23-13-22-41(34(36,35(37,38)39)30-19-10-5-11-20-30)26-32(28-15-6-3-7-16-28)29-17-8-4-9-18-29/h3-12,14-21,24,32H,13,22-23,25-26H2,1-2H3. The molecule has 4 aromatic carbocycles. The molecule has 0 saturated carbocycles. The Labute approximate surface area is 273 Å². The lowest BCUT2D eigenvalue weighted by molar-refractivity contribution is -0.206. The van der Waals surface area contributed by atoms with Crippen LogP contribution in [0.4, 0.5) is 13.2 Å². The Morgan fingerprint density at radius 1 is 0.848 bits per heavy atom. The summed E-state index contributed by atoms with van der Waals surface area (Å²) in [6, 6.07) is 32.9. The van der Waals surface area contributed by atoms with Gasteiger partial charge in [0.05, 0.1) is 19.3 Å². The third kappa shape index (κ3) is 8.69. The third-order valence-electron chi connectivity index (χ3n) is 7.72. The van der Waals surface area contributed by atoms with E-state index in [0.29, 0.717) is 15.6 Å². The summed E-state index contributed by atoms with van der Waals surface area (Å²) in [5, 5.41) is 0. The maximum Gasteiger partial charge on any atom is 0.425 e. The molecule has 6 nitrogen and oxygen atoms in total. The largest absolute Gasteiger partial charge is 0.494 e. The van der Waals surface area contributed by atoms with Gasteiger partial charge in [0.1, 0.15) is 5.75 Å². The minimum Gasteiger partial charge on any atom is -0.494 e. The number of carbonyl (C=O) groups is 1. The fourth-order valence-corrected chi connectivity index (χ4v) is 5.93. The molecule has 0 aliphatic rings. The Hall–Kier alpha value is -3.86. The molecule has 0 aliphatic heterocycles. The Morgan fingerprint density at radius 3 is 1.91 bits per heavy atom. The summed E-state index contributed by atoms with van der Waals surface area (Å²) in [7, 11) is -2.50. The summed E-state index contributed by atoms with van der Waals surface area (Å²) in [6.07, 6.45) is -3.84. The number of ether oxygens (including phenoxy) is 1. The van der Waals surface area contributed by atoms with Crippen LogP contribution in [0.25, 0.3) is 0 Å². The fourth-order valence-electron chi connectivity index (χ4n) is 5.21. The molecule has 11 heteroatoms. The van der Waals surface area contributed by atoms with Crippen LogP contribution in [-0.2, 0) is 26.2 Å². The number of nitrogens with zero attached hydrogens (tertiary/aromatic N) is 2. The minimum absolute atomic E-state index is 0.0304. The van der Waals surface area contributed by atoms with Crippen molar-refractivity contribution < 1.29 is 31.1 Å². The lowest BCUT2D eigenvalue weighted by Crippen LogP contribution is -2.54. The van der Waals surface area contributed by atoms with Gasteiger partial charge >= 0.3 is 6.18 Å². The predicted octanol–water partition coefficient (Wildman–Crippen LogP) is 7.20. The summed E-state index contributed by atoms with van der Waals surface area (Å²) < 4.78 is 75.2. The van der Waals surface area contributed by atoms with E-state index in [4.69, 9.17) is 16.3 Å². The van der Waals surface area contributed by atoms with E-state index in [1.807, 2.05) is 60.7 Å². The van der Waals surface area contributed by atoms with Gasteiger partial charge in [0.15, 0.2) is 0 Å². The third-order valence-corrected chi connectivity index (χ3v) is 9.59. The molecule has 1 amide bonds. The molecule has 4 rings (SSSR count).